The van der Waals surface area contributed by atoms with E-state index in [1.54, 1.807) is 24.3 Å². The summed E-state index contributed by atoms with van der Waals surface area (Å²) in [4.78, 5) is 25.1. The molecule has 0 heterocycles. The minimum Gasteiger partial charge on any atom is -0.490 e. The van der Waals surface area contributed by atoms with Crippen LogP contribution in [0.1, 0.15) is 71.4 Å². The molecule has 8 nitrogen and oxygen atoms in total. The summed E-state index contributed by atoms with van der Waals surface area (Å²) in [5.41, 5.74) is 3.44. The number of benzene rings is 4. The lowest BCUT2D eigenvalue weighted by atomic mass is 10.0. The number of aryl methyl sites for hydroxylation is 2. The number of aliphatic hydroxyl groups excluding tert-OH is 2. The van der Waals surface area contributed by atoms with Crippen LogP contribution in [0.3, 0.4) is 0 Å². The Morgan fingerprint density at radius 1 is 0.569 bits per heavy atom. The van der Waals surface area contributed by atoms with E-state index in [2.05, 4.69) is 24.5 Å². The number of halogens is 1. The van der Waals surface area contributed by atoms with E-state index < -0.39 is 12.2 Å². The van der Waals surface area contributed by atoms with Gasteiger partial charge in [0.1, 0.15) is 36.9 Å². The lowest BCUT2D eigenvalue weighted by molar-refractivity contribution is 0.0946. The van der Waals surface area contributed by atoms with Gasteiger partial charge in [-0.2, -0.15) is 0 Å². The Morgan fingerprint density at radius 2 is 0.922 bits per heavy atom. The Bertz CT molecular complexity index is 1410. The molecule has 0 bridgehead atoms. The number of carbonyl (C=O) groups is 2. The van der Waals surface area contributed by atoms with Crippen LogP contribution in [0.4, 0.5) is 0 Å². The summed E-state index contributed by atoms with van der Waals surface area (Å²) in [6, 6.07) is 34.4. The number of hydrogen-bond donors (Lipinski definition) is 4. The number of hydrogen-bond acceptors (Lipinski definition) is 8. The summed E-state index contributed by atoms with van der Waals surface area (Å²) in [6.45, 7) is 7.19. The molecule has 0 spiro atoms. The fraction of sp³-hybridized carbons (Fsp3) is 0.381. The molecule has 2 unspecified atom stereocenters. The third-order valence-corrected chi connectivity index (χ3v) is 7.82. The first-order valence-electron chi connectivity index (χ1n) is 17.8. The highest BCUT2D eigenvalue weighted by Gasteiger charge is 2.15. The Hall–Kier alpha value is -4.05. The van der Waals surface area contributed by atoms with Crippen LogP contribution < -0.4 is 20.1 Å². The molecule has 0 aliphatic heterocycles. The second-order valence-electron chi connectivity index (χ2n) is 12.1. The number of nitrogens with one attached hydrogen (secondary N) is 2. The van der Waals surface area contributed by atoms with E-state index in [9.17, 15) is 19.8 Å². The predicted octanol–water partition coefficient (Wildman–Crippen LogP) is 6.90. The van der Waals surface area contributed by atoms with Gasteiger partial charge < -0.3 is 30.3 Å². The van der Waals surface area contributed by atoms with Crippen molar-refractivity contribution in [2.75, 3.05) is 39.4 Å². The average molecular weight is 719 g/mol. The third kappa shape index (κ3) is 17.1. The Balaban J connectivity index is 0.000000347. The molecule has 0 amide bonds. The zero-order valence-electron chi connectivity index (χ0n) is 30.0. The van der Waals surface area contributed by atoms with Crippen molar-refractivity contribution in [3.8, 4) is 11.5 Å². The zero-order chi connectivity index (χ0) is 35.8. The lowest BCUT2D eigenvalue weighted by Gasteiger charge is -2.15. The molecule has 4 rings (SSSR count). The molecule has 4 N–H and O–H groups in total. The molecule has 0 saturated heterocycles. The number of rotatable bonds is 22. The number of ether oxygens (including phenoxy) is 2. The lowest BCUT2D eigenvalue weighted by Crippen LogP contribution is -2.32. The van der Waals surface area contributed by atoms with Gasteiger partial charge in [0.15, 0.2) is 11.6 Å². The smallest absolute Gasteiger partial charge is 0.166 e. The fourth-order valence-electron chi connectivity index (χ4n) is 5.10. The van der Waals surface area contributed by atoms with Gasteiger partial charge in [-0.3, -0.25) is 9.59 Å². The number of carbonyl (C=O) groups excluding carboxylic acids is 2. The highest BCUT2D eigenvalue weighted by Crippen LogP contribution is 2.22. The average Bonchev–Trinajstić information content (AvgIpc) is 3.16. The van der Waals surface area contributed by atoms with Crippen LogP contribution in [0.25, 0.3) is 0 Å². The molecule has 4 aromatic carbocycles. The van der Waals surface area contributed by atoms with E-state index in [1.807, 2.05) is 84.9 Å². The van der Waals surface area contributed by atoms with Gasteiger partial charge in [0.2, 0.25) is 0 Å². The Labute approximate surface area is 310 Å². The van der Waals surface area contributed by atoms with Gasteiger partial charge in [-0.15, -0.1) is 12.4 Å². The van der Waals surface area contributed by atoms with E-state index in [0.29, 0.717) is 61.4 Å². The van der Waals surface area contributed by atoms with Crippen molar-refractivity contribution in [3.05, 3.63) is 131 Å². The molecular formula is C42H55ClN2O6. The van der Waals surface area contributed by atoms with E-state index in [-0.39, 0.29) is 37.2 Å². The maximum atomic E-state index is 12.5. The standard InChI is InChI=1S/2C21H27NO3.ClH/c2*1-2-14-22-15-18(23)16-25-21-11-7-6-10-19(21)20(24)13-12-17-8-4-3-5-9-17;/h2*3-11,18,22-23H,2,12-16H2,1H3;1H. The molecule has 0 aliphatic carbocycles. The van der Waals surface area contributed by atoms with Gasteiger partial charge in [0.05, 0.1) is 11.1 Å². The minimum atomic E-state index is -0.598. The molecule has 0 radical (unpaired) electrons. The molecule has 276 valence electrons. The van der Waals surface area contributed by atoms with Crippen molar-refractivity contribution >= 4 is 24.0 Å². The SMILES string of the molecule is CCCNCC(O)COc1ccccc1C(=O)CCc1ccccc1.CCCNCC(O)COc1ccccc1C(=O)CCc1ccccc1.Cl. The van der Waals surface area contributed by atoms with Gasteiger partial charge in [-0.05, 0) is 74.2 Å². The second-order valence-corrected chi connectivity index (χ2v) is 12.1. The van der Waals surface area contributed by atoms with Crippen molar-refractivity contribution in [1.82, 2.24) is 10.6 Å². The fourth-order valence-corrected chi connectivity index (χ4v) is 5.10. The van der Waals surface area contributed by atoms with Crippen molar-refractivity contribution in [3.63, 3.8) is 0 Å². The molecule has 0 aliphatic rings. The van der Waals surface area contributed by atoms with Crippen LogP contribution in [0.5, 0.6) is 11.5 Å². The van der Waals surface area contributed by atoms with Gasteiger partial charge in [0.25, 0.3) is 0 Å². The third-order valence-electron chi connectivity index (χ3n) is 7.82. The van der Waals surface area contributed by atoms with Crippen LogP contribution in [-0.4, -0.2) is 73.4 Å². The number of para-hydroxylation sites is 2. The molecule has 51 heavy (non-hydrogen) atoms. The maximum absolute atomic E-state index is 12.5. The maximum Gasteiger partial charge on any atom is 0.166 e. The monoisotopic (exact) mass is 718 g/mol. The highest BCUT2D eigenvalue weighted by atomic mass is 35.5. The number of ketones is 2. The normalized spacial score (nSPS) is 11.7. The number of aliphatic hydroxyl groups is 2. The summed E-state index contributed by atoms with van der Waals surface area (Å²) in [6.07, 6.45) is 3.13. The summed E-state index contributed by atoms with van der Waals surface area (Å²) in [7, 11) is 0. The molecule has 0 saturated carbocycles. The van der Waals surface area contributed by atoms with Crippen LogP contribution >= 0.6 is 12.4 Å². The van der Waals surface area contributed by atoms with Gasteiger partial charge >= 0.3 is 0 Å². The van der Waals surface area contributed by atoms with Crippen LogP contribution in [0, 0.1) is 0 Å². The van der Waals surface area contributed by atoms with Crippen molar-refractivity contribution in [2.24, 2.45) is 0 Å². The van der Waals surface area contributed by atoms with Gasteiger partial charge in [-0.1, -0.05) is 98.8 Å². The first-order chi connectivity index (χ1) is 24.4. The molecule has 0 fully saturated rings. The molecular weight excluding hydrogens is 664 g/mol. The highest BCUT2D eigenvalue weighted by molar-refractivity contribution is 5.99. The van der Waals surface area contributed by atoms with E-state index in [4.69, 9.17) is 9.47 Å². The first kappa shape index (κ1) is 43.1. The quantitative estimate of drug-likeness (QED) is 0.0512. The van der Waals surface area contributed by atoms with Crippen LogP contribution in [0.15, 0.2) is 109 Å². The summed E-state index contributed by atoms with van der Waals surface area (Å²) in [5.74, 6) is 1.18. The van der Waals surface area contributed by atoms with Crippen molar-refractivity contribution < 1.29 is 29.3 Å². The molecule has 0 aromatic heterocycles. The molecule has 9 heteroatoms. The van der Waals surface area contributed by atoms with Gasteiger partial charge in [0, 0.05) is 25.9 Å². The van der Waals surface area contributed by atoms with E-state index in [0.717, 1.165) is 37.1 Å². The number of Topliss-reactive ketones (excluding diaryl/α,β-unsaturated/α-hetero) is 2. The van der Waals surface area contributed by atoms with Crippen molar-refractivity contribution in [1.29, 1.82) is 0 Å². The van der Waals surface area contributed by atoms with Crippen molar-refractivity contribution in [2.45, 2.75) is 64.6 Å². The van der Waals surface area contributed by atoms with E-state index in [1.165, 1.54) is 0 Å². The molecule has 2 atom stereocenters. The van der Waals surface area contributed by atoms with Crippen LogP contribution in [0.2, 0.25) is 0 Å². The summed E-state index contributed by atoms with van der Waals surface area (Å²) < 4.78 is 11.4. The van der Waals surface area contributed by atoms with Gasteiger partial charge in [-0.25, -0.2) is 0 Å². The summed E-state index contributed by atoms with van der Waals surface area (Å²) in [5, 5.41) is 26.2. The Morgan fingerprint density at radius 3 is 1.29 bits per heavy atom. The van der Waals surface area contributed by atoms with E-state index >= 15 is 0 Å². The topological polar surface area (TPSA) is 117 Å². The summed E-state index contributed by atoms with van der Waals surface area (Å²) >= 11 is 0. The van der Waals surface area contributed by atoms with Crippen LogP contribution in [-0.2, 0) is 12.8 Å². The predicted molar refractivity (Wildman–Crippen MR) is 208 cm³/mol. The second kappa shape index (κ2) is 25.8. The first-order valence-corrected chi connectivity index (χ1v) is 17.8. The minimum absolute atomic E-state index is 0. The zero-order valence-corrected chi connectivity index (χ0v) is 30.8. The molecule has 4 aromatic rings. The largest absolute Gasteiger partial charge is 0.490 e. The Kier molecular flexibility index (Phi) is 21.8.